The van der Waals surface area contributed by atoms with Gasteiger partial charge in [-0.25, -0.2) is 0 Å². The predicted molar refractivity (Wildman–Crippen MR) is 110 cm³/mol. The average molecular weight is 376 g/mol. The summed E-state index contributed by atoms with van der Waals surface area (Å²) in [6.45, 7) is 7.11. The van der Waals surface area contributed by atoms with Crippen LogP contribution in [0.5, 0.6) is 5.75 Å². The van der Waals surface area contributed by atoms with Crippen molar-refractivity contribution in [2.75, 3.05) is 6.61 Å². The SMILES string of the molecule is CCOc1ccc(/C=C/C(=O)NNC(=S)N[C@@H]2CCC[C@@H](C)[C@@H]2C)cc1. The first-order valence-corrected chi connectivity index (χ1v) is 9.67. The Balaban J connectivity index is 1.74. The summed E-state index contributed by atoms with van der Waals surface area (Å²) in [5.41, 5.74) is 6.30. The minimum absolute atomic E-state index is 0.256. The smallest absolute Gasteiger partial charge is 0.262 e. The van der Waals surface area contributed by atoms with Gasteiger partial charge in [0.2, 0.25) is 0 Å². The highest BCUT2D eigenvalue weighted by Crippen LogP contribution is 2.29. The van der Waals surface area contributed by atoms with E-state index < -0.39 is 0 Å². The van der Waals surface area contributed by atoms with Crippen LogP contribution in [0.25, 0.3) is 6.08 Å². The van der Waals surface area contributed by atoms with E-state index in [-0.39, 0.29) is 5.91 Å². The van der Waals surface area contributed by atoms with Gasteiger partial charge < -0.3 is 10.1 Å². The lowest BCUT2D eigenvalue weighted by molar-refractivity contribution is -0.116. The van der Waals surface area contributed by atoms with Gasteiger partial charge in [-0.3, -0.25) is 15.6 Å². The Morgan fingerprint density at radius 3 is 2.65 bits per heavy atom. The lowest BCUT2D eigenvalue weighted by atomic mass is 9.78. The van der Waals surface area contributed by atoms with Crippen LogP contribution in [0, 0.1) is 11.8 Å². The van der Waals surface area contributed by atoms with Gasteiger partial charge in [0.25, 0.3) is 5.91 Å². The quantitative estimate of drug-likeness (QED) is 0.418. The molecule has 0 spiro atoms. The Labute approximate surface area is 161 Å². The van der Waals surface area contributed by atoms with Gasteiger partial charge in [-0.1, -0.05) is 38.8 Å². The number of amides is 1. The minimum atomic E-state index is -0.256. The second-order valence-corrected chi connectivity index (χ2v) is 7.21. The molecule has 5 nitrogen and oxygen atoms in total. The van der Waals surface area contributed by atoms with Crippen LogP contribution in [0.3, 0.4) is 0 Å². The molecule has 6 heteroatoms. The number of hydrazine groups is 1. The van der Waals surface area contributed by atoms with Gasteiger partial charge in [0.15, 0.2) is 5.11 Å². The molecular formula is C20H29N3O2S. The van der Waals surface area contributed by atoms with E-state index in [1.54, 1.807) is 6.08 Å². The maximum Gasteiger partial charge on any atom is 0.262 e. The molecule has 0 saturated heterocycles. The monoisotopic (exact) mass is 375 g/mol. The van der Waals surface area contributed by atoms with Gasteiger partial charge in [-0.15, -0.1) is 0 Å². The summed E-state index contributed by atoms with van der Waals surface area (Å²) in [5.74, 6) is 1.82. The third kappa shape index (κ3) is 6.33. The average Bonchev–Trinajstić information content (AvgIpc) is 2.63. The molecule has 1 aliphatic rings. The van der Waals surface area contributed by atoms with Crippen LogP contribution in [0.2, 0.25) is 0 Å². The first-order chi connectivity index (χ1) is 12.5. The van der Waals surface area contributed by atoms with Crippen molar-refractivity contribution in [3.63, 3.8) is 0 Å². The zero-order valence-corrected chi connectivity index (χ0v) is 16.6. The summed E-state index contributed by atoms with van der Waals surface area (Å²) in [6, 6.07) is 7.92. The second-order valence-electron chi connectivity index (χ2n) is 6.80. The maximum atomic E-state index is 11.9. The zero-order valence-electron chi connectivity index (χ0n) is 15.7. The number of rotatable bonds is 5. The molecule has 142 valence electrons. The summed E-state index contributed by atoms with van der Waals surface area (Å²) in [5, 5.41) is 3.77. The molecule has 1 saturated carbocycles. The van der Waals surface area contributed by atoms with Gasteiger partial charge in [-0.05, 0) is 61.2 Å². The van der Waals surface area contributed by atoms with Gasteiger partial charge in [-0.2, -0.15) is 0 Å². The molecule has 3 N–H and O–H groups in total. The zero-order chi connectivity index (χ0) is 18.9. The van der Waals surface area contributed by atoms with Gasteiger partial charge in [0.1, 0.15) is 5.75 Å². The van der Waals surface area contributed by atoms with E-state index in [9.17, 15) is 4.79 Å². The van der Waals surface area contributed by atoms with Crippen LogP contribution in [0.4, 0.5) is 0 Å². The lowest BCUT2D eigenvalue weighted by Gasteiger charge is -2.35. The Kier molecular flexibility index (Phi) is 7.91. The molecule has 0 aromatic heterocycles. The largest absolute Gasteiger partial charge is 0.494 e. The number of hydrogen-bond donors (Lipinski definition) is 3. The van der Waals surface area contributed by atoms with Crippen LogP contribution in [-0.2, 0) is 4.79 Å². The normalized spacial score (nSPS) is 22.7. The molecular weight excluding hydrogens is 346 g/mol. The third-order valence-electron chi connectivity index (χ3n) is 4.94. The number of nitrogens with one attached hydrogen (secondary N) is 3. The summed E-state index contributed by atoms with van der Waals surface area (Å²) >= 11 is 5.29. The van der Waals surface area contributed by atoms with Gasteiger partial charge in [0.05, 0.1) is 6.61 Å². The number of hydrogen-bond acceptors (Lipinski definition) is 3. The highest BCUT2D eigenvalue weighted by atomic mass is 32.1. The molecule has 1 aromatic rings. The molecule has 0 heterocycles. The maximum absolute atomic E-state index is 11.9. The minimum Gasteiger partial charge on any atom is -0.494 e. The van der Waals surface area contributed by atoms with E-state index in [1.165, 1.54) is 18.9 Å². The summed E-state index contributed by atoms with van der Waals surface area (Å²) in [6.07, 6.45) is 6.80. The van der Waals surface area contributed by atoms with E-state index >= 15 is 0 Å². The van der Waals surface area contributed by atoms with Gasteiger partial charge >= 0.3 is 0 Å². The molecule has 26 heavy (non-hydrogen) atoms. The van der Waals surface area contributed by atoms with Crippen molar-refractivity contribution >= 4 is 29.3 Å². The highest BCUT2D eigenvalue weighted by molar-refractivity contribution is 7.80. The number of benzene rings is 1. The first kappa shape index (κ1) is 20.2. The summed E-state index contributed by atoms with van der Waals surface area (Å²) < 4.78 is 5.39. The van der Waals surface area contributed by atoms with E-state index in [0.29, 0.717) is 29.6 Å². The molecule has 0 bridgehead atoms. The molecule has 1 aromatic carbocycles. The fourth-order valence-electron chi connectivity index (χ4n) is 3.16. The molecule has 1 amide bonds. The molecule has 2 rings (SSSR count). The van der Waals surface area contributed by atoms with Crippen LogP contribution in [-0.4, -0.2) is 23.7 Å². The Morgan fingerprint density at radius 2 is 1.96 bits per heavy atom. The second kappa shape index (κ2) is 10.2. The van der Waals surface area contributed by atoms with Crippen molar-refractivity contribution in [3.05, 3.63) is 35.9 Å². The Morgan fingerprint density at radius 1 is 1.23 bits per heavy atom. The van der Waals surface area contributed by atoms with Crippen molar-refractivity contribution in [2.24, 2.45) is 11.8 Å². The molecule has 0 aliphatic heterocycles. The fraction of sp³-hybridized carbons (Fsp3) is 0.500. The van der Waals surface area contributed by atoms with Crippen LogP contribution in [0.15, 0.2) is 30.3 Å². The Hall–Kier alpha value is -2.08. The summed E-state index contributed by atoms with van der Waals surface area (Å²) in [7, 11) is 0. The van der Waals surface area contributed by atoms with Crippen LogP contribution >= 0.6 is 12.2 Å². The predicted octanol–water partition coefficient (Wildman–Crippen LogP) is 3.42. The lowest BCUT2D eigenvalue weighted by Crippen LogP contribution is -2.52. The highest BCUT2D eigenvalue weighted by Gasteiger charge is 2.27. The van der Waals surface area contributed by atoms with E-state index in [4.69, 9.17) is 17.0 Å². The van der Waals surface area contributed by atoms with Crippen molar-refractivity contribution in [1.29, 1.82) is 0 Å². The molecule has 0 radical (unpaired) electrons. The number of ether oxygens (including phenoxy) is 1. The van der Waals surface area contributed by atoms with Gasteiger partial charge in [0, 0.05) is 12.1 Å². The van der Waals surface area contributed by atoms with E-state index in [0.717, 1.165) is 17.7 Å². The van der Waals surface area contributed by atoms with Crippen molar-refractivity contribution < 1.29 is 9.53 Å². The van der Waals surface area contributed by atoms with E-state index in [1.807, 2.05) is 31.2 Å². The standard InChI is InChI=1S/C20H29N3O2S/c1-4-25-17-11-8-16(9-12-17)10-13-19(24)22-23-20(26)21-18-7-5-6-14(2)15(18)3/h8-15,18H,4-7H2,1-3H3,(H,22,24)(H2,21,23,26)/b13-10+/t14-,15+,18-/m1/s1. The topological polar surface area (TPSA) is 62.4 Å². The molecule has 1 aliphatic carbocycles. The van der Waals surface area contributed by atoms with Crippen molar-refractivity contribution in [1.82, 2.24) is 16.2 Å². The Bertz CT molecular complexity index is 630. The van der Waals surface area contributed by atoms with Crippen molar-refractivity contribution in [2.45, 2.75) is 46.1 Å². The van der Waals surface area contributed by atoms with Crippen LogP contribution in [0.1, 0.15) is 45.6 Å². The summed E-state index contributed by atoms with van der Waals surface area (Å²) in [4.78, 5) is 11.9. The van der Waals surface area contributed by atoms with Crippen molar-refractivity contribution in [3.8, 4) is 5.75 Å². The number of carbonyl (C=O) groups is 1. The molecule has 3 atom stereocenters. The number of carbonyl (C=O) groups excluding carboxylic acids is 1. The van der Waals surface area contributed by atoms with Crippen LogP contribution < -0.4 is 20.9 Å². The molecule has 0 unspecified atom stereocenters. The third-order valence-corrected chi connectivity index (χ3v) is 5.16. The van der Waals surface area contributed by atoms with E-state index in [2.05, 4.69) is 30.0 Å². The number of thiocarbonyl (C=S) groups is 1. The molecule has 1 fully saturated rings. The fourth-order valence-corrected chi connectivity index (χ4v) is 3.37. The first-order valence-electron chi connectivity index (χ1n) is 9.27.